The number of hydrogen-bond acceptors (Lipinski definition) is 3. The van der Waals surface area contributed by atoms with Crippen molar-refractivity contribution in [2.24, 2.45) is 11.8 Å². The first kappa shape index (κ1) is 18.7. The molecule has 2 heterocycles. The Bertz CT molecular complexity index is 524. The van der Waals surface area contributed by atoms with Crippen molar-refractivity contribution in [3.8, 4) is 5.75 Å². The molecule has 0 saturated carbocycles. The van der Waals surface area contributed by atoms with E-state index in [-0.39, 0.29) is 18.3 Å². The molecule has 0 radical (unpaired) electrons. The highest BCUT2D eigenvalue weighted by molar-refractivity contribution is 6.34. The Hall–Kier alpha value is -0.680. The number of piperidine rings is 1. The first-order valence-corrected chi connectivity index (χ1v) is 8.46. The first-order chi connectivity index (χ1) is 10.6. The molecule has 0 aromatic heterocycles. The molecule has 1 N–H and O–H groups in total. The van der Waals surface area contributed by atoms with Crippen molar-refractivity contribution < 1.29 is 9.53 Å². The molecule has 0 bridgehead atoms. The molecule has 2 saturated heterocycles. The van der Waals surface area contributed by atoms with E-state index in [2.05, 4.69) is 5.32 Å². The summed E-state index contributed by atoms with van der Waals surface area (Å²) in [5.74, 6) is 1.68. The smallest absolute Gasteiger partial charge is 0.228 e. The van der Waals surface area contributed by atoms with Crippen molar-refractivity contribution in [3.05, 3.63) is 28.2 Å². The number of benzene rings is 1. The topological polar surface area (TPSA) is 41.6 Å². The van der Waals surface area contributed by atoms with E-state index in [4.69, 9.17) is 27.9 Å². The lowest BCUT2D eigenvalue weighted by atomic mass is 9.95. The maximum Gasteiger partial charge on any atom is 0.228 e. The van der Waals surface area contributed by atoms with Gasteiger partial charge in [0.15, 0.2) is 0 Å². The molecule has 0 aliphatic carbocycles. The van der Waals surface area contributed by atoms with Crippen LogP contribution >= 0.6 is 35.6 Å². The summed E-state index contributed by atoms with van der Waals surface area (Å²) >= 11 is 11.9. The van der Waals surface area contributed by atoms with E-state index >= 15 is 0 Å². The molecule has 1 aromatic rings. The molecule has 2 aliphatic heterocycles. The number of ether oxygens (including phenoxy) is 1. The van der Waals surface area contributed by atoms with Crippen molar-refractivity contribution in [3.63, 3.8) is 0 Å². The van der Waals surface area contributed by atoms with Gasteiger partial charge in [0.25, 0.3) is 0 Å². The lowest BCUT2D eigenvalue weighted by Gasteiger charge is -2.36. The van der Waals surface area contributed by atoms with Gasteiger partial charge < -0.3 is 15.0 Å². The number of nitrogens with one attached hydrogen (secondary N) is 1. The number of nitrogens with zero attached hydrogens (tertiary/aromatic N) is 1. The summed E-state index contributed by atoms with van der Waals surface area (Å²) in [6, 6.07) is 5.24. The maximum atomic E-state index is 12.2. The molecule has 3 rings (SSSR count). The van der Waals surface area contributed by atoms with Crippen molar-refractivity contribution in [2.45, 2.75) is 12.8 Å². The fraction of sp³-hybridized carbons (Fsp3) is 0.562. The second-order valence-corrected chi connectivity index (χ2v) is 6.91. The van der Waals surface area contributed by atoms with Gasteiger partial charge in [0, 0.05) is 36.2 Å². The van der Waals surface area contributed by atoms with Crippen molar-refractivity contribution in [1.82, 2.24) is 10.2 Å². The zero-order chi connectivity index (χ0) is 15.5. The minimum absolute atomic E-state index is 0. The van der Waals surface area contributed by atoms with Gasteiger partial charge in [-0.3, -0.25) is 4.79 Å². The SMILES string of the molecule is Cl.O=C(C1CNC1)N1CCC(COc2cc(Cl)cc(Cl)c2)CC1. The fourth-order valence-corrected chi connectivity index (χ4v) is 3.37. The van der Waals surface area contributed by atoms with Gasteiger partial charge in [0.2, 0.25) is 5.91 Å². The number of carbonyl (C=O) groups is 1. The number of likely N-dealkylation sites (tertiary alicyclic amines) is 1. The molecule has 1 amide bonds. The van der Waals surface area contributed by atoms with E-state index < -0.39 is 0 Å². The molecule has 1 aromatic carbocycles. The molecule has 7 heteroatoms. The van der Waals surface area contributed by atoms with Gasteiger partial charge in [-0.25, -0.2) is 0 Å². The van der Waals surface area contributed by atoms with E-state index in [1.807, 2.05) is 4.90 Å². The van der Waals surface area contributed by atoms with Crippen LogP contribution in [0.5, 0.6) is 5.75 Å². The van der Waals surface area contributed by atoms with E-state index in [1.165, 1.54) is 0 Å². The van der Waals surface area contributed by atoms with Gasteiger partial charge in [-0.15, -0.1) is 12.4 Å². The molecule has 4 nitrogen and oxygen atoms in total. The van der Waals surface area contributed by atoms with Crippen LogP contribution in [0.4, 0.5) is 0 Å². The summed E-state index contributed by atoms with van der Waals surface area (Å²) in [4.78, 5) is 14.2. The van der Waals surface area contributed by atoms with E-state index in [1.54, 1.807) is 18.2 Å². The summed E-state index contributed by atoms with van der Waals surface area (Å²) in [5.41, 5.74) is 0. The van der Waals surface area contributed by atoms with Crippen molar-refractivity contribution in [1.29, 1.82) is 0 Å². The molecular formula is C16H21Cl3N2O2. The molecule has 23 heavy (non-hydrogen) atoms. The van der Waals surface area contributed by atoms with E-state index in [0.29, 0.717) is 34.2 Å². The Morgan fingerprint density at radius 1 is 1.17 bits per heavy atom. The molecule has 128 valence electrons. The molecule has 0 atom stereocenters. The minimum atomic E-state index is 0. The zero-order valence-corrected chi connectivity index (χ0v) is 15.1. The maximum absolute atomic E-state index is 12.2. The van der Waals surface area contributed by atoms with Crippen LogP contribution in [0, 0.1) is 11.8 Å². The van der Waals surface area contributed by atoms with Gasteiger partial charge in [0.05, 0.1) is 12.5 Å². The third kappa shape index (κ3) is 4.90. The lowest BCUT2D eigenvalue weighted by Crippen LogP contribution is -2.53. The second kappa shape index (κ2) is 8.43. The summed E-state index contributed by atoms with van der Waals surface area (Å²) < 4.78 is 5.80. The van der Waals surface area contributed by atoms with Gasteiger partial charge in [-0.1, -0.05) is 23.2 Å². The molecule has 0 spiro atoms. The third-order valence-corrected chi connectivity index (χ3v) is 4.82. The number of carbonyl (C=O) groups excluding carboxylic acids is 1. The quantitative estimate of drug-likeness (QED) is 0.873. The van der Waals surface area contributed by atoms with Crippen molar-refractivity contribution in [2.75, 3.05) is 32.8 Å². The standard InChI is InChI=1S/C16H20Cl2N2O2.ClH/c17-13-5-14(18)7-15(6-13)22-10-11-1-3-20(4-2-11)16(21)12-8-19-9-12;/h5-7,11-12,19H,1-4,8-10H2;1H. The Morgan fingerprint density at radius 3 is 2.30 bits per heavy atom. The van der Waals surface area contributed by atoms with Crippen LogP contribution in [-0.2, 0) is 4.79 Å². The number of amides is 1. The summed E-state index contributed by atoms with van der Waals surface area (Å²) in [7, 11) is 0. The van der Waals surface area contributed by atoms with Crippen LogP contribution in [-0.4, -0.2) is 43.6 Å². The van der Waals surface area contributed by atoms with Crippen LogP contribution in [0.1, 0.15) is 12.8 Å². The average Bonchev–Trinajstić information content (AvgIpc) is 2.43. The summed E-state index contributed by atoms with van der Waals surface area (Å²) in [5, 5.41) is 4.31. The zero-order valence-electron chi connectivity index (χ0n) is 12.8. The van der Waals surface area contributed by atoms with Crippen LogP contribution in [0.3, 0.4) is 0 Å². The molecule has 0 unspecified atom stereocenters. The Balaban J connectivity index is 0.00000192. The summed E-state index contributed by atoms with van der Waals surface area (Å²) in [6.07, 6.45) is 1.97. The number of halogens is 3. The van der Waals surface area contributed by atoms with Gasteiger partial charge in [0.1, 0.15) is 5.75 Å². The van der Waals surface area contributed by atoms with Gasteiger partial charge in [-0.2, -0.15) is 0 Å². The van der Waals surface area contributed by atoms with Crippen LogP contribution in [0.25, 0.3) is 0 Å². The third-order valence-electron chi connectivity index (χ3n) is 4.38. The Morgan fingerprint density at radius 2 is 1.78 bits per heavy atom. The Labute approximate surface area is 152 Å². The lowest BCUT2D eigenvalue weighted by molar-refractivity contribution is -0.138. The van der Waals surface area contributed by atoms with Gasteiger partial charge in [-0.05, 0) is 37.0 Å². The highest BCUT2D eigenvalue weighted by atomic mass is 35.5. The van der Waals surface area contributed by atoms with Crippen LogP contribution in [0.15, 0.2) is 18.2 Å². The summed E-state index contributed by atoms with van der Waals surface area (Å²) in [6.45, 7) is 3.97. The predicted octanol–water partition coefficient (Wildman–Crippen LogP) is 3.25. The monoisotopic (exact) mass is 378 g/mol. The molecule has 2 aliphatic rings. The number of rotatable bonds is 4. The van der Waals surface area contributed by atoms with Crippen LogP contribution in [0.2, 0.25) is 10.0 Å². The molecule has 2 fully saturated rings. The second-order valence-electron chi connectivity index (χ2n) is 6.04. The molecular weight excluding hydrogens is 359 g/mol. The highest BCUT2D eigenvalue weighted by Crippen LogP contribution is 2.26. The first-order valence-electron chi connectivity index (χ1n) is 7.70. The van der Waals surface area contributed by atoms with E-state index in [9.17, 15) is 4.79 Å². The normalized spacial score (nSPS) is 19.0. The highest BCUT2D eigenvalue weighted by Gasteiger charge is 2.31. The fourth-order valence-electron chi connectivity index (χ4n) is 2.87. The average molecular weight is 380 g/mol. The minimum Gasteiger partial charge on any atom is -0.493 e. The van der Waals surface area contributed by atoms with E-state index in [0.717, 1.165) is 39.0 Å². The number of hydrogen-bond donors (Lipinski definition) is 1. The Kier molecular flexibility index (Phi) is 6.84. The largest absolute Gasteiger partial charge is 0.493 e. The predicted molar refractivity (Wildman–Crippen MR) is 94.9 cm³/mol. The van der Waals surface area contributed by atoms with Crippen molar-refractivity contribution >= 4 is 41.5 Å². The van der Waals surface area contributed by atoms with Gasteiger partial charge >= 0.3 is 0 Å². The van der Waals surface area contributed by atoms with Crippen LogP contribution < -0.4 is 10.1 Å².